The SMILES string of the molecule is CCOC1(C(=O)O)CNCCN1. The largest absolute Gasteiger partial charge is 0.478 e. The Hall–Kier alpha value is -0.650. The van der Waals surface area contributed by atoms with Crippen LogP contribution in [-0.2, 0) is 9.53 Å². The lowest BCUT2D eigenvalue weighted by Crippen LogP contribution is -2.65. The van der Waals surface area contributed by atoms with Gasteiger partial charge in [-0.05, 0) is 6.92 Å². The molecule has 1 aliphatic rings. The first-order valence-corrected chi connectivity index (χ1v) is 4.04. The van der Waals surface area contributed by atoms with Crippen molar-refractivity contribution < 1.29 is 14.6 Å². The van der Waals surface area contributed by atoms with Crippen LogP contribution in [0.3, 0.4) is 0 Å². The van der Waals surface area contributed by atoms with Crippen molar-refractivity contribution in [2.24, 2.45) is 0 Å². The monoisotopic (exact) mass is 174 g/mol. The van der Waals surface area contributed by atoms with Crippen LogP contribution in [0.4, 0.5) is 0 Å². The maximum absolute atomic E-state index is 10.8. The number of hydrogen-bond donors (Lipinski definition) is 3. The lowest BCUT2D eigenvalue weighted by molar-refractivity contribution is -0.171. The van der Waals surface area contributed by atoms with Gasteiger partial charge in [0.2, 0.25) is 5.72 Å². The van der Waals surface area contributed by atoms with Crippen molar-refractivity contribution in [1.29, 1.82) is 0 Å². The van der Waals surface area contributed by atoms with Crippen LogP contribution in [0.1, 0.15) is 6.92 Å². The van der Waals surface area contributed by atoms with E-state index in [-0.39, 0.29) is 0 Å². The van der Waals surface area contributed by atoms with Crippen LogP contribution in [0, 0.1) is 0 Å². The van der Waals surface area contributed by atoms with Gasteiger partial charge in [-0.3, -0.25) is 5.32 Å². The van der Waals surface area contributed by atoms with Gasteiger partial charge in [0.15, 0.2) is 0 Å². The second-order valence-electron chi connectivity index (χ2n) is 2.67. The lowest BCUT2D eigenvalue weighted by Gasteiger charge is -2.34. The zero-order chi connectivity index (χ0) is 9.03. The minimum absolute atomic E-state index is 0.316. The summed E-state index contributed by atoms with van der Waals surface area (Å²) in [5.41, 5.74) is -1.22. The van der Waals surface area contributed by atoms with E-state index in [4.69, 9.17) is 9.84 Å². The summed E-state index contributed by atoms with van der Waals surface area (Å²) in [5, 5.41) is 14.7. The van der Waals surface area contributed by atoms with Crippen LogP contribution in [-0.4, -0.2) is 43.0 Å². The molecule has 0 aromatic rings. The molecule has 1 atom stereocenters. The molecule has 0 aliphatic carbocycles. The average molecular weight is 174 g/mol. The third-order valence-electron chi connectivity index (χ3n) is 1.82. The van der Waals surface area contributed by atoms with Crippen LogP contribution < -0.4 is 10.6 Å². The van der Waals surface area contributed by atoms with Crippen molar-refractivity contribution in [3.63, 3.8) is 0 Å². The number of aliphatic carboxylic acids is 1. The fourth-order valence-electron chi connectivity index (χ4n) is 1.24. The molecule has 1 saturated heterocycles. The highest BCUT2D eigenvalue weighted by Crippen LogP contribution is 2.08. The van der Waals surface area contributed by atoms with Crippen molar-refractivity contribution in [3.8, 4) is 0 Å². The summed E-state index contributed by atoms with van der Waals surface area (Å²) >= 11 is 0. The molecule has 12 heavy (non-hydrogen) atoms. The Morgan fingerprint density at radius 2 is 2.42 bits per heavy atom. The van der Waals surface area contributed by atoms with E-state index in [0.717, 1.165) is 6.54 Å². The normalized spacial score (nSPS) is 30.1. The van der Waals surface area contributed by atoms with E-state index < -0.39 is 11.7 Å². The van der Waals surface area contributed by atoms with Crippen LogP contribution in [0.25, 0.3) is 0 Å². The molecule has 1 aliphatic heterocycles. The number of carbonyl (C=O) groups is 1. The van der Waals surface area contributed by atoms with Crippen LogP contribution >= 0.6 is 0 Å². The minimum Gasteiger partial charge on any atom is -0.478 e. The number of rotatable bonds is 3. The molecular weight excluding hydrogens is 160 g/mol. The number of piperazine rings is 1. The summed E-state index contributed by atoms with van der Waals surface area (Å²) < 4.78 is 5.16. The second kappa shape index (κ2) is 3.84. The van der Waals surface area contributed by atoms with E-state index in [1.165, 1.54) is 0 Å². The minimum atomic E-state index is -1.22. The van der Waals surface area contributed by atoms with Crippen LogP contribution in [0.15, 0.2) is 0 Å². The smallest absolute Gasteiger partial charge is 0.352 e. The molecule has 1 fully saturated rings. The Balaban J connectivity index is 2.63. The average Bonchev–Trinajstić information content (AvgIpc) is 2.06. The molecule has 1 rings (SSSR count). The molecule has 5 nitrogen and oxygen atoms in total. The summed E-state index contributed by atoms with van der Waals surface area (Å²) in [4.78, 5) is 10.8. The van der Waals surface area contributed by atoms with Gasteiger partial charge >= 0.3 is 5.97 Å². The Kier molecular flexibility index (Phi) is 3.02. The summed E-state index contributed by atoms with van der Waals surface area (Å²) in [6.07, 6.45) is 0. The van der Waals surface area contributed by atoms with E-state index in [9.17, 15) is 4.79 Å². The highest BCUT2D eigenvalue weighted by molar-refractivity contribution is 5.77. The number of ether oxygens (including phenoxy) is 1. The molecule has 0 amide bonds. The standard InChI is InChI=1S/C7H14N2O3/c1-2-12-7(6(10)11)5-8-3-4-9-7/h8-9H,2-5H2,1H3,(H,10,11). The fraction of sp³-hybridized carbons (Fsp3) is 0.857. The molecule has 0 aromatic carbocycles. The van der Waals surface area contributed by atoms with Gasteiger partial charge in [0.05, 0.1) is 0 Å². The van der Waals surface area contributed by atoms with Crippen molar-refractivity contribution >= 4 is 5.97 Å². The molecule has 0 bridgehead atoms. The van der Waals surface area contributed by atoms with E-state index >= 15 is 0 Å². The molecular formula is C7H14N2O3. The summed E-state index contributed by atoms with van der Waals surface area (Å²) in [6, 6.07) is 0. The highest BCUT2D eigenvalue weighted by atomic mass is 16.5. The topological polar surface area (TPSA) is 70.6 Å². The van der Waals surface area contributed by atoms with Crippen LogP contribution in [0.2, 0.25) is 0 Å². The van der Waals surface area contributed by atoms with Crippen molar-refractivity contribution in [1.82, 2.24) is 10.6 Å². The highest BCUT2D eigenvalue weighted by Gasteiger charge is 2.40. The molecule has 0 spiro atoms. The number of hydrogen-bond acceptors (Lipinski definition) is 4. The first kappa shape index (κ1) is 9.44. The predicted molar refractivity (Wildman–Crippen MR) is 42.9 cm³/mol. The molecule has 0 aromatic heterocycles. The van der Waals surface area contributed by atoms with Gasteiger partial charge in [0.1, 0.15) is 0 Å². The van der Waals surface area contributed by atoms with Gasteiger partial charge < -0.3 is 15.2 Å². The van der Waals surface area contributed by atoms with Gasteiger partial charge in [-0.15, -0.1) is 0 Å². The first-order valence-electron chi connectivity index (χ1n) is 4.04. The molecule has 5 heteroatoms. The Morgan fingerprint density at radius 3 is 2.83 bits per heavy atom. The van der Waals surface area contributed by atoms with Gasteiger partial charge in [-0.25, -0.2) is 4.79 Å². The van der Waals surface area contributed by atoms with E-state index in [1.807, 2.05) is 0 Å². The zero-order valence-corrected chi connectivity index (χ0v) is 7.09. The number of carboxylic acids is 1. The molecule has 0 saturated carbocycles. The van der Waals surface area contributed by atoms with Gasteiger partial charge in [-0.1, -0.05) is 0 Å². The Morgan fingerprint density at radius 1 is 1.67 bits per heavy atom. The molecule has 1 unspecified atom stereocenters. The summed E-state index contributed by atoms with van der Waals surface area (Å²) in [7, 11) is 0. The van der Waals surface area contributed by atoms with Gasteiger partial charge in [-0.2, -0.15) is 0 Å². The third-order valence-corrected chi connectivity index (χ3v) is 1.82. The fourth-order valence-corrected chi connectivity index (χ4v) is 1.24. The lowest BCUT2D eigenvalue weighted by atomic mass is 10.2. The Bertz CT molecular complexity index is 161. The molecule has 3 N–H and O–H groups in total. The third kappa shape index (κ3) is 1.74. The van der Waals surface area contributed by atoms with Gasteiger partial charge in [0.25, 0.3) is 0 Å². The summed E-state index contributed by atoms with van der Waals surface area (Å²) in [6.45, 7) is 3.88. The maximum Gasteiger partial charge on any atom is 0.352 e. The van der Waals surface area contributed by atoms with Crippen molar-refractivity contribution in [2.45, 2.75) is 12.6 Å². The second-order valence-corrected chi connectivity index (χ2v) is 2.67. The summed E-state index contributed by atoms with van der Waals surface area (Å²) in [5.74, 6) is -0.962. The quantitative estimate of drug-likeness (QED) is 0.512. The number of nitrogens with one attached hydrogen (secondary N) is 2. The van der Waals surface area contributed by atoms with Gasteiger partial charge in [0, 0.05) is 26.2 Å². The predicted octanol–water partition coefficient (Wildman–Crippen LogP) is -1.00. The van der Waals surface area contributed by atoms with Crippen molar-refractivity contribution in [3.05, 3.63) is 0 Å². The first-order chi connectivity index (χ1) is 5.71. The molecule has 70 valence electrons. The Labute approximate surface area is 71.1 Å². The zero-order valence-electron chi connectivity index (χ0n) is 7.09. The molecule has 0 radical (unpaired) electrons. The van der Waals surface area contributed by atoms with E-state index in [0.29, 0.717) is 19.7 Å². The number of carboxylic acid groups (broad SMARTS) is 1. The maximum atomic E-state index is 10.8. The van der Waals surface area contributed by atoms with E-state index in [2.05, 4.69) is 10.6 Å². The van der Waals surface area contributed by atoms with E-state index in [1.54, 1.807) is 6.92 Å². The molecule has 1 heterocycles. The van der Waals surface area contributed by atoms with Crippen molar-refractivity contribution in [2.75, 3.05) is 26.2 Å². The van der Waals surface area contributed by atoms with Crippen LogP contribution in [0.5, 0.6) is 0 Å².